The number of hydrogen-bond acceptors (Lipinski definition) is 4. The van der Waals surface area contributed by atoms with Gasteiger partial charge in [-0.3, -0.25) is 4.79 Å². The topological polar surface area (TPSA) is 66.8 Å². The molecule has 0 aromatic rings. The first kappa shape index (κ1) is 20.3. The van der Waals surface area contributed by atoms with Crippen molar-refractivity contribution in [3.05, 3.63) is 36.0 Å². The number of carbonyl (C=O) groups is 1. The fourth-order valence-corrected chi connectivity index (χ4v) is 5.04. The molecule has 0 saturated heterocycles. The van der Waals surface area contributed by atoms with E-state index in [2.05, 4.69) is 24.3 Å². The third-order valence-electron chi connectivity index (χ3n) is 6.47. The van der Waals surface area contributed by atoms with Gasteiger partial charge in [-0.15, -0.1) is 0 Å². The van der Waals surface area contributed by atoms with Crippen LogP contribution in [0.4, 0.5) is 0 Å². The summed E-state index contributed by atoms with van der Waals surface area (Å²) in [6.45, 7) is 2.26. The second-order valence-corrected chi connectivity index (χ2v) is 8.32. The Hall–Kier alpha value is -1.39. The van der Waals surface area contributed by atoms with Crippen molar-refractivity contribution >= 4 is 5.97 Å². The van der Waals surface area contributed by atoms with E-state index in [1.54, 1.807) is 0 Å². The van der Waals surface area contributed by atoms with Crippen molar-refractivity contribution in [3.8, 4) is 0 Å². The number of carbonyl (C=O) groups excluding carboxylic acids is 1. The minimum atomic E-state index is -0.365. The zero-order valence-corrected chi connectivity index (χ0v) is 16.4. The van der Waals surface area contributed by atoms with E-state index in [0.29, 0.717) is 37.2 Å². The first-order chi connectivity index (χ1) is 13.1. The molecule has 0 bridgehead atoms. The molecule has 0 radical (unpaired) electrons. The van der Waals surface area contributed by atoms with Crippen LogP contribution in [0.3, 0.4) is 0 Å². The smallest absolute Gasteiger partial charge is 0.306 e. The molecular formula is C23H34O4. The number of fused-ring (bicyclic) bond motifs is 1. The predicted octanol–water partition coefficient (Wildman–Crippen LogP) is 3.94. The second-order valence-electron chi connectivity index (χ2n) is 8.32. The van der Waals surface area contributed by atoms with Gasteiger partial charge in [0.2, 0.25) is 0 Å². The van der Waals surface area contributed by atoms with Crippen LogP contribution in [0.5, 0.6) is 0 Å². The van der Waals surface area contributed by atoms with E-state index in [0.717, 1.165) is 25.7 Å². The minimum absolute atomic E-state index is 0.132. The molecule has 0 amide bonds. The van der Waals surface area contributed by atoms with E-state index in [-0.39, 0.29) is 24.1 Å². The number of esters is 1. The molecule has 0 spiro atoms. The van der Waals surface area contributed by atoms with Gasteiger partial charge in [0.15, 0.2) is 0 Å². The van der Waals surface area contributed by atoms with Gasteiger partial charge >= 0.3 is 5.97 Å². The van der Waals surface area contributed by atoms with Crippen molar-refractivity contribution in [3.63, 3.8) is 0 Å². The summed E-state index contributed by atoms with van der Waals surface area (Å²) in [7, 11) is 0. The predicted molar refractivity (Wildman–Crippen MR) is 106 cm³/mol. The summed E-state index contributed by atoms with van der Waals surface area (Å²) < 4.78 is 4.94. The Morgan fingerprint density at radius 1 is 1.37 bits per heavy atom. The van der Waals surface area contributed by atoms with Gasteiger partial charge in [0.05, 0.1) is 18.8 Å². The third-order valence-corrected chi connectivity index (χ3v) is 6.47. The summed E-state index contributed by atoms with van der Waals surface area (Å²) in [5.41, 5.74) is 1.30. The molecule has 3 aliphatic carbocycles. The molecule has 0 aromatic heterocycles. The maximum atomic E-state index is 11.4. The highest BCUT2D eigenvalue weighted by atomic mass is 16.5. The van der Waals surface area contributed by atoms with E-state index in [4.69, 9.17) is 4.74 Å². The van der Waals surface area contributed by atoms with E-state index in [9.17, 15) is 15.0 Å². The summed E-state index contributed by atoms with van der Waals surface area (Å²) in [5, 5.41) is 20.8. The molecule has 2 saturated carbocycles. The molecule has 27 heavy (non-hydrogen) atoms. The van der Waals surface area contributed by atoms with Crippen LogP contribution in [0.25, 0.3) is 0 Å². The summed E-state index contributed by atoms with van der Waals surface area (Å²) in [5.74, 6) is 1.23. The first-order valence-electron chi connectivity index (χ1n) is 10.7. The zero-order valence-electron chi connectivity index (χ0n) is 16.4. The van der Waals surface area contributed by atoms with Crippen molar-refractivity contribution in [2.24, 2.45) is 23.7 Å². The van der Waals surface area contributed by atoms with Gasteiger partial charge in [-0.1, -0.05) is 48.8 Å². The standard InChI is InChI=1S/C23H34O4/c1-2-27-23(26)10-6-3-7-16-13-18-15-22(25)19(20(18)14-16)11-12-21(24)17-8-4-5-9-17/h3,7,11-13,17-22,24-25H,2,4-6,8-10,14-15H2,1H3/b7-3?,12-11-/t18-,19-,20-,21+,22+/m0/s1. The Morgan fingerprint density at radius 2 is 2.15 bits per heavy atom. The molecular weight excluding hydrogens is 340 g/mol. The van der Waals surface area contributed by atoms with Crippen LogP contribution in [-0.4, -0.2) is 35.0 Å². The SMILES string of the molecule is CCOC(=O)CCC=CC1=C[C@H]2C[C@@H](O)[C@@H](/C=C\[C@@H](O)C3CCCC3)[C@H]2C1. The molecule has 4 nitrogen and oxygen atoms in total. The van der Waals surface area contributed by atoms with Crippen LogP contribution in [-0.2, 0) is 9.53 Å². The lowest BCUT2D eigenvalue weighted by Crippen LogP contribution is -2.19. The fraction of sp³-hybridized carbons (Fsp3) is 0.696. The molecule has 0 unspecified atom stereocenters. The monoisotopic (exact) mass is 374 g/mol. The van der Waals surface area contributed by atoms with E-state index in [1.807, 2.05) is 13.0 Å². The largest absolute Gasteiger partial charge is 0.466 e. The first-order valence-corrected chi connectivity index (χ1v) is 10.7. The van der Waals surface area contributed by atoms with Crippen LogP contribution < -0.4 is 0 Å². The normalized spacial score (nSPS) is 32.3. The quantitative estimate of drug-likeness (QED) is 0.499. The van der Waals surface area contributed by atoms with Gasteiger partial charge in [-0.05, 0) is 56.8 Å². The zero-order chi connectivity index (χ0) is 19.2. The van der Waals surface area contributed by atoms with Crippen molar-refractivity contribution in [1.29, 1.82) is 0 Å². The molecule has 0 heterocycles. The Morgan fingerprint density at radius 3 is 2.89 bits per heavy atom. The average molecular weight is 375 g/mol. The molecule has 4 heteroatoms. The van der Waals surface area contributed by atoms with Crippen LogP contribution in [0.15, 0.2) is 36.0 Å². The van der Waals surface area contributed by atoms with Gasteiger partial charge in [0, 0.05) is 12.3 Å². The highest BCUT2D eigenvalue weighted by Gasteiger charge is 2.43. The Labute approximate surface area is 163 Å². The molecule has 2 fully saturated rings. The maximum Gasteiger partial charge on any atom is 0.306 e. The van der Waals surface area contributed by atoms with E-state index >= 15 is 0 Å². The Balaban J connectivity index is 1.49. The number of hydrogen-bond donors (Lipinski definition) is 2. The van der Waals surface area contributed by atoms with Gasteiger partial charge in [0.1, 0.15) is 0 Å². The van der Waals surface area contributed by atoms with Crippen molar-refractivity contribution in [2.75, 3.05) is 6.61 Å². The summed E-state index contributed by atoms with van der Waals surface area (Å²) in [6.07, 6.45) is 17.4. The number of ether oxygens (including phenoxy) is 1. The second kappa shape index (κ2) is 9.70. The van der Waals surface area contributed by atoms with E-state index < -0.39 is 0 Å². The van der Waals surface area contributed by atoms with Crippen LogP contribution in [0.1, 0.15) is 58.3 Å². The lowest BCUT2D eigenvalue weighted by molar-refractivity contribution is -0.143. The van der Waals surface area contributed by atoms with Crippen LogP contribution in [0.2, 0.25) is 0 Å². The average Bonchev–Trinajstić information content (AvgIpc) is 3.34. The van der Waals surface area contributed by atoms with Gasteiger partial charge in [-0.25, -0.2) is 0 Å². The van der Waals surface area contributed by atoms with Crippen molar-refractivity contribution in [2.45, 2.75) is 70.5 Å². The number of allylic oxidation sites excluding steroid dienone is 4. The molecule has 3 aliphatic rings. The summed E-state index contributed by atoms with van der Waals surface area (Å²) >= 11 is 0. The highest BCUT2D eigenvalue weighted by Crippen LogP contribution is 2.47. The molecule has 3 rings (SSSR count). The number of aliphatic hydroxyl groups is 2. The molecule has 0 aliphatic heterocycles. The fourth-order valence-electron chi connectivity index (χ4n) is 5.04. The summed E-state index contributed by atoms with van der Waals surface area (Å²) in [4.78, 5) is 11.4. The van der Waals surface area contributed by atoms with Crippen molar-refractivity contribution in [1.82, 2.24) is 0 Å². The third kappa shape index (κ3) is 5.32. The van der Waals surface area contributed by atoms with Crippen LogP contribution >= 0.6 is 0 Å². The van der Waals surface area contributed by atoms with E-state index in [1.165, 1.54) is 18.4 Å². The Bertz CT molecular complexity index is 585. The Kier molecular flexibility index (Phi) is 7.31. The summed E-state index contributed by atoms with van der Waals surface area (Å²) in [6, 6.07) is 0. The maximum absolute atomic E-state index is 11.4. The van der Waals surface area contributed by atoms with Gasteiger partial charge in [0.25, 0.3) is 0 Å². The van der Waals surface area contributed by atoms with Crippen LogP contribution in [0, 0.1) is 23.7 Å². The lowest BCUT2D eigenvalue weighted by atomic mass is 9.88. The number of aliphatic hydroxyl groups excluding tert-OH is 2. The van der Waals surface area contributed by atoms with Gasteiger partial charge in [-0.2, -0.15) is 0 Å². The molecule has 5 atom stereocenters. The molecule has 0 aromatic carbocycles. The number of rotatable bonds is 8. The lowest BCUT2D eigenvalue weighted by Gasteiger charge is -2.19. The highest BCUT2D eigenvalue weighted by molar-refractivity contribution is 5.69. The van der Waals surface area contributed by atoms with Crippen molar-refractivity contribution < 1.29 is 19.7 Å². The molecule has 150 valence electrons. The molecule has 2 N–H and O–H groups in total. The van der Waals surface area contributed by atoms with Gasteiger partial charge < -0.3 is 14.9 Å². The minimum Gasteiger partial charge on any atom is -0.466 e.